The van der Waals surface area contributed by atoms with E-state index in [0.29, 0.717) is 0 Å². The van der Waals surface area contributed by atoms with Gasteiger partial charge in [-0.15, -0.1) is 0 Å². The Bertz CT molecular complexity index is 18.8. The van der Waals surface area contributed by atoms with E-state index in [4.69, 9.17) is 0 Å². The van der Waals surface area contributed by atoms with Gasteiger partial charge in [-0.05, 0) is 0 Å². The van der Waals surface area contributed by atoms with Crippen molar-refractivity contribution in [3.8, 4) is 0 Å². The Morgan fingerprint density at radius 2 is 1.80 bits per heavy atom. The maximum absolute atomic E-state index is 2.81. The van der Waals surface area contributed by atoms with E-state index in [1.54, 1.807) is 0 Å². The summed E-state index contributed by atoms with van der Waals surface area (Å²) < 4.78 is 0. The molecule has 0 heterocycles. The summed E-state index contributed by atoms with van der Waals surface area (Å²) in [5.41, 5.74) is 0. The van der Waals surface area contributed by atoms with Crippen molar-refractivity contribution in [2.24, 2.45) is 0 Å². The third-order valence-corrected chi connectivity index (χ3v) is 0.289. The van der Waals surface area contributed by atoms with E-state index in [9.17, 15) is 0 Å². The first-order valence-electron chi connectivity index (χ1n) is 1.37. The van der Waals surface area contributed by atoms with Gasteiger partial charge >= 0.3 is 0 Å². The van der Waals surface area contributed by atoms with Gasteiger partial charge in [-0.25, -0.2) is 0 Å². The van der Waals surface area contributed by atoms with E-state index in [2.05, 4.69) is 6.08 Å². The molecule has 0 aliphatic carbocycles. The largest absolute Gasteiger partial charge is 0.504 e. The molecule has 0 aromatic rings. The summed E-state index contributed by atoms with van der Waals surface area (Å²) in [6.07, 6.45) is 4.68. The van der Waals surface area contributed by atoms with E-state index in [0.717, 1.165) is 0 Å². The molecule has 0 aromatic heterocycles. The Labute approximate surface area is 61.2 Å². The molecular weight excluding hydrogens is 187 g/mol. The van der Waals surface area contributed by atoms with Gasteiger partial charge in [0.25, 0.3) is 0 Å². The van der Waals surface area contributed by atoms with Crippen molar-refractivity contribution in [3.05, 3.63) is 12.2 Å². The van der Waals surface area contributed by atoms with Crippen molar-refractivity contribution in [2.45, 2.75) is 13.8 Å². The summed E-state index contributed by atoms with van der Waals surface area (Å²) in [5, 5.41) is 0. The molecule has 0 spiro atoms. The van der Waals surface area contributed by atoms with Crippen LogP contribution >= 0.6 is 0 Å². The van der Waals surface area contributed by atoms with Gasteiger partial charge in [0.2, 0.25) is 0 Å². The molecule has 1 radical (unpaired) electrons. The third kappa shape index (κ3) is 11.4. The summed E-state index contributed by atoms with van der Waals surface area (Å²) in [6, 6.07) is 0. The molecule has 0 aliphatic rings. The molecular formula is C4H7La-. The van der Waals surface area contributed by atoms with Crippen LogP contribution in [0.25, 0.3) is 0 Å². The molecule has 0 unspecified atom stereocenters. The molecule has 0 aliphatic heterocycles. The minimum Gasteiger partial charge on any atom is -0.504 e. The van der Waals surface area contributed by atoms with Gasteiger partial charge in [0.1, 0.15) is 0 Å². The minimum absolute atomic E-state index is 0. The van der Waals surface area contributed by atoms with Gasteiger partial charge in [-0.1, -0.05) is 6.92 Å². The third-order valence-electron chi connectivity index (χ3n) is 0.289. The van der Waals surface area contributed by atoms with E-state index in [1.807, 2.05) is 19.9 Å². The van der Waals surface area contributed by atoms with Crippen LogP contribution in [0.5, 0.6) is 0 Å². The predicted octanol–water partition coefficient (Wildman–Crippen LogP) is 1.39. The zero-order valence-electron chi connectivity index (χ0n) is 3.65. The Balaban J connectivity index is 0. The molecule has 0 fully saturated rings. The smallest absolute Gasteiger partial charge is 0 e. The van der Waals surface area contributed by atoms with Gasteiger partial charge in [-0.2, -0.15) is 6.92 Å². The fraction of sp³-hybridized carbons (Fsp3) is 0.500. The molecule has 27 valence electrons. The number of allylic oxidation sites excluding steroid dienone is 2. The van der Waals surface area contributed by atoms with Crippen molar-refractivity contribution in [3.63, 3.8) is 0 Å². The Kier molecular flexibility index (Phi) is 16.6. The Morgan fingerprint density at radius 1 is 1.60 bits per heavy atom. The molecule has 5 heavy (non-hydrogen) atoms. The fourth-order valence-corrected chi connectivity index (χ4v) is 0. The first kappa shape index (κ1) is 9.33. The number of hydrogen-bond donors (Lipinski definition) is 0. The number of rotatable bonds is 0. The van der Waals surface area contributed by atoms with Crippen LogP contribution in [-0.4, -0.2) is 0 Å². The standard InChI is InChI=1S/C4H7.La/c1-3-4-2;/h3H,1-2H3;/q-1;. The summed E-state index contributed by atoms with van der Waals surface area (Å²) in [4.78, 5) is 0. The summed E-state index contributed by atoms with van der Waals surface area (Å²) >= 11 is 0. The second kappa shape index (κ2) is 8.87. The molecule has 0 saturated heterocycles. The van der Waals surface area contributed by atoms with Crippen molar-refractivity contribution in [1.82, 2.24) is 0 Å². The van der Waals surface area contributed by atoms with Crippen molar-refractivity contribution in [1.29, 1.82) is 0 Å². The second-order valence-corrected chi connectivity index (χ2v) is 0.577. The molecule has 1 heteroatoms. The van der Waals surface area contributed by atoms with Crippen LogP contribution in [0.2, 0.25) is 0 Å². The molecule has 0 bridgehead atoms. The first-order chi connectivity index (χ1) is 1.91. The van der Waals surface area contributed by atoms with E-state index >= 15 is 0 Å². The summed E-state index contributed by atoms with van der Waals surface area (Å²) in [7, 11) is 0. The topological polar surface area (TPSA) is 0 Å². The first-order valence-corrected chi connectivity index (χ1v) is 1.37. The minimum atomic E-state index is 0. The SMILES string of the molecule is C[C-]=CC.[La]. The average molecular weight is 194 g/mol. The Morgan fingerprint density at radius 3 is 1.80 bits per heavy atom. The summed E-state index contributed by atoms with van der Waals surface area (Å²) in [5.74, 6) is 0. The molecule has 0 amide bonds. The van der Waals surface area contributed by atoms with Gasteiger partial charge in [-0.3, -0.25) is 6.08 Å². The van der Waals surface area contributed by atoms with Gasteiger partial charge in [0.15, 0.2) is 0 Å². The van der Waals surface area contributed by atoms with E-state index < -0.39 is 0 Å². The van der Waals surface area contributed by atoms with Gasteiger partial charge in [0, 0.05) is 35.6 Å². The molecule has 0 saturated carbocycles. The summed E-state index contributed by atoms with van der Waals surface area (Å²) in [6.45, 7) is 3.82. The van der Waals surface area contributed by atoms with Gasteiger partial charge in [0.05, 0.1) is 0 Å². The second-order valence-electron chi connectivity index (χ2n) is 0.577. The maximum Gasteiger partial charge on any atom is 0 e. The predicted molar refractivity (Wildman–Crippen MR) is 19.2 cm³/mol. The van der Waals surface area contributed by atoms with Crippen LogP contribution in [0.1, 0.15) is 13.8 Å². The van der Waals surface area contributed by atoms with E-state index in [-0.39, 0.29) is 35.6 Å². The van der Waals surface area contributed by atoms with Crippen molar-refractivity contribution >= 4 is 0 Å². The Hall–Kier alpha value is 0.935. The molecule has 0 aromatic carbocycles. The number of hydrogen-bond acceptors (Lipinski definition) is 0. The molecule has 0 atom stereocenters. The van der Waals surface area contributed by atoms with Crippen molar-refractivity contribution in [2.75, 3.05) is 0 Å². The van der Waals surface area contributed by atoms with Crippen molar-refractivity contribution < 1.29 is 35.6 Å². The van der Waals surface area contributed by atoms with E-state index in [1.165, 1.54) is 0 Å². The van der Waals surface area contributed by atoms with Crippen LogP contribution in [0.4, 0.5) is 0 Å². The molecule has 0 rings (SSSR count). The maximum atomic E-state index is 2.81. The van der Waals surface area contributed by atoms with Crippen LogP contribution in [0.3, 0.4) is 0 Å². The van der Waals surface area contributed by atoms with Crippen LogP contribution < -0.4 is 0 Å². The van der Waals surface area contributed by atoms with Gasteiger partial charge < -0.3 is 6.08 Å². The monoisotopic (exact) mass is 194 g/mol. The quantitative estimate of drug-likeness (QED) is 0.511. The molecule has 0 N–H and O–H groups in total. The zero-order chi connectivity index (χ0) is 3.41. The van der Waals surface area contributed by atoms with Crippen LogP contribution in [-0.2, 0) is 0 Å². The zero-order valence-corrected chi connectivity index (χ0v) is 7.28. The van der Waals surface area contributed by atoms with Crippen LogP contribution in [0.15, 0.2) is 6.08 Å². The average Bonchev–Trinajstić information content (AvgIpc) is 1.37. The molecule has 0 nitrogen and oxygen atoms in total. The normalized spacial score (nSPS) is 7.60. The van der Waals surface area contributed by atoms with Crippen LogP contribution in [0, 0.1) is 41.7 Å². The fourth-order valence-electron chi connectivity index (χ4n) is 0.